The van der Waals surface area contributed by atoms with Gasteiger partial charge in [-0.15, -0.1) is 0 Å². The Bertz CT molecular complexity index is 213. The van der Waals surface area contributed by atoms with Gasteiger partial charge in [-0.05, 0) is 45.1 Å². The van der Waals surface area contributed by atoms with Gasteiger partial charge in [0.25, 0.3) is 0 Å². The molecule has 0 aromatic carbocycles. The first-order chi connectivity index (χ1) is 8.04. The second-order valence-electron chi connectivity index (χ2n) is 6.17. The first-order valence-electron chi connectivity index (χ1n) is 7.35. The maximum absolute atomic E-state index is 6.23. The van der Waals surface area contributed by atoms with E-state index in [1.807, 2.05) is 0 Å². The molecule has 3 unspecified atom stereocenters. The lowest BCUT2D eigenvalue weighted by atomic mass is 9.72. The van der Waals surface area contributed by atoms with Crippen LogP contribution in [0.2, 0.25) is 0 Å². The van der Waals surface area contributed by atoms with E-state index < -0.39 is 0 Å². The molecule has 1 aliphatic rings. The van der Waals surface area contributed by atoms with Crippen molar-refractivity contribution in [3.8, 4) is 0 Å². The summed E-state index contributed by atoms with van der Waals surface area (Å²) in [6.07, 6.45) is 6.34. The van der Waals surface area contributed by atoms with E-state index in [1.165, 1.54) is 32.1 Å². The van der Waals surface area contributed by atoms with Crippen LogP contribution in [0.3, 0.4) is 0 Å². The van der Waals surface area contributed by atoms with Gasteiger partial charge in [-0.3, -0.25) is 0 Å². The Balaban J connectivity index is 2.79. The number of rotatable bonds is 6. The highest BCUT2D eigenvalue weighted by atomic mass is 16.5. The quantitative estimate of drug-likeness (QED) is 0.767. The van der Waals surface area contributed by atoms with Crippen molar-refractivity contribution in [3.05, 3.63) is 0 Å². The van der Waals surface area contributed by atoms with E-state index in [9.17, 15) is 0 Å². The second-order valence-corrected chi connectivity index (χ2v) is 6.17. The van der Waals surface area contributed by atoms with Gasteiger partial charge in [0.15, 0.2) is 0 Å². The van der Waals surface area contributed by atoms with Gasteiger partial charge in [-0.1, -0.05) is 33.6 Å². The maximum Gasteiger partial charge on any atom is 0.0837 e. The van der Waals surface area contributed by atoms with E-state index in [0.717, 1.165) is 18.4 Å². The lowest BCUT2D eigenvalue weighted by Gasteiger charge is -2.46. The zero-order valence-corrected chi connectivity index (χ0v) is 12.4. The highest BCUT2D eigenvalue weighted by molar-refractivity contribution is 4.97. The van der Waals surface area contributed by atoms with Crippen molar-refractivity contribution in [2.75, 3.05) is 13.7 Å². The predicted octanol–water partition coefficient (Wildman–Crippen LogP) is 3.61. The number of hydrogen-bond acceptors (Lipinski definition) is 2. The molecule has 1 N–H and O–H groups in total. The molecule has 0 spiro atoms. The van der Waals surface area contributed by atoms with Gasteiger partial charge in [-0.25, -0.2) is 0 Å². The van der Waals surface area contributed by atoms with E-state index in [2.05, 4.69) is 40.1 Å². The molecule has 1 rings (SSSR count). The Morgan fingerprint density at radius 3 is 2.59 bits per heavy atom. The highest BCUT2D eigenvalue weighted by Crippen LogP contribution is 2.39. The third-order valence-corrected chi connectivity index (χ3v) is 4.11. The molecule has 0 aliphatic heterocycles. The molecule has 0 aromatic heterocycles. The summed E-state index contributed by atoms with van der Waals surface area (Å²) >= 11 is 0. The number of ether oxygens (including phenoxy) is 1. The number of nitrogens with one attached hydrogen (secondary N) is 1. The topological polar surface area (TPSA) is 21.3 Å². The summed E-state index contributed by atoms with van der Waals surface area (Å²) in [6, 6.07) is 0.505. The summed E-state index contributed by atoms with van der Waals surface area (Å²) in [4.78, 5) is 0. The summed E-state index contributed by atoms with van der Waals surface area (Å²) in [5.41, 5.74) is 0.0887. The fraction of sp³-hybridized carbons (Fsp3) is 1.00. The van der Waals surface area contributed by atoms with Crippen LogP contribution in [0.15, 0.2) is 0 Å². The van der Waals surface area contributed by atoms with Crippen LogP contribution < -0.4 is 5.32 Å². The molecule has 2 nitrogen and oxygen atoms in total. The minimum atomic E-state index is 0.0887. The van der Waals surface area contributed by atoms with Gasteiger partial charge >= 0.3 is 0 Å². The first kappa shape index (κ1) is 15.0. The molecule has 0 bridgehead atoms. The fourth-order valence-electron chi connectivity index (χ4n) is 3.45. The van der Waals surface area contributed by atoms with Crippen LogP contribution in [0, 0.1) is 11.8 Å². The van der Waals surface area contributed by atoms with Crippen molar-refractivity contribution >= 4 is 0 Å². The van der Waals surface area contributed by atoms with Crippen LogP contribution in [0.5, 0.6) is 0 Å². The zero-order valence-electron chi connectivity index (χ0n) is 12.4. The molecular weight excluding hydrogens is 210 g/mol. The Labute approximate surface area is 108 Å². The SMILES string of the molecule is CCOC1(C(CC(C)C)NC)CCCC(C)C1. The molecule has 1 aliphatic carbocycles. The summed E-state index contributed by atoms with van der Waals surface area (Å²) < 4.78 is 6.23. The lowest BCUT2D eigenvalue weighted by Crippen LogP contribution is -2.54. The molecule has 1 fully saturated rings. The average molecular weight is 241 g/mol. The van der Waals surface area contributed by atoms with Crippen LogP contribution in [0.1, 0.15) is 59.8 Å². The Kier molecular flexibility index (Phi) is 5.94. The van der Waals surface area contributed by atoms with Crippen molar-refractivity contribution in [1.82, 2.24) is 5.32 Å². The number of likely N-dealkylation sites (N-methyl/N-ethyl adjacent to an activating group) is 1. The van der Waals surface area contributed by atoms with E-state index >= 15 is 0 Å². The molecule has 2 heteroatoms. The Hall–Kier alpha value is -0.0800. The van der Waals surface area contributed by atoms with Crippen molar-refractivity contribution in [2.45, 2.75) is 71.4 Å². The van der Waals surface area contributed by atoms with Crippen molar-refractivity contribution in [2.24, 2.45) is 11.8 Å². The van der Waals surface area contributed by atoms with Crippen LogP contribution in [0.4, 0.5) is 0 Å². The minimum absolute atomic E-state index is 0.0887. The lowest BCUT2D eigenvalue weighted by molar-refractivity contribution is -0.102. The van der Waals surface area contributed by atoms with E-state index in [0.29, 0.717) is 6.04 Å². The molecule has 3 atom stereocenters. The van der Waals surface area contributed by atoms with Crippen LogP contribution >= 0.6 is 0 Å². The van der Waals surface area contributed by atoms with Gasteiger partial charge in [0.05, 0.1) is 5.60 Å². The van der Waals surface area contributed by atoms with Crippen LogP contribution in [-0.4, -0.2) is 25.3 Å². The second kappa shape index (κ2) is 6.75. The molecule has 0 saturated heterocycles. The zero-order chi connectivity index (χ0) is 12.9. The standard InChI is InChI=1S/C15H31NO/c1-6-17-15(9-7-8-13(4)11-15)14(16-5)10-12(2)3/h12-14,16H,6-11H2,1-5H3. The van der Waals surface area contributed by atoms with E-state index in [-0.39, 0.29) is 5.60 Å². The summed E-state index contributed by atoms with van der Waals surface area (Å²) in [7, 11) is 2.09. The maximum atomic E-state index is 6.23. The Morgan fingerprint density at radius 2 is 2.12 bits per heavy atom. The minimum Gasteiger partial charge on any atom is -0.374 e. The summed E-state index contributed by atoms with van der Waals surface area (Å²) in [5.74, 6) is 1.53. The van der Waals surface area contributed by atoms with Crippen molar-refractivity contribution < 1.29 is 4.74 Å². The summed E-state index contributed by atoms with van der Waals surface area (Å²) in [6.45, 7) is 9.94. The van der Waals surface area contributed by atoms with E-state index in [1.54, 1.807) is 0 Å². The van der Waals surface area contributed by atoms with Crippen molar-refractivity contribution in [3.63, 3.8) is 0 Å². The molecular formula is C15H31NO. The predicted molar refractivity (Wildman–Crippen MR) is 74.3 cm³/mol. The monoisotopic (exact) mass is 241 g/mol. The smallest absolute Gasteiger partial charge is 0.0837 e. The molecule has 0 heterocycles. The molecule has 17 heavy (non-hydrogen) atoms. The molecule has 0 aromatic rings. The van der Waals surface area contributed by atoms with Crippen molar-refractivity contribution in [1.29, 1.82) is 0 Å². The van der Waals surface area contributed by atoms with Gasteiger partial charge in [0.2, 0.25) is 0 Å². The van der Waals surface area contributed by atoms with Gasteiger partial charge < -0.3 is 10.1 Å². The normalized spacial score (nSPS) is 31.8. The first-order valence-corrected chi connectivity index (χ1v) is 7.35. The highest BCUT2D eigenvalue weighted by Gasteiger charge is 2.42. The summed E-state index contributed by atoms with van der Waals surface area (Å²) in [5, 5.41) is 3.52. The van der Waals surface area contributed by atoms with Crippen LogP contribution in [0.25, 0.3) is 0 Å². The molecule has 102 valence electrons. The van der Waals surface area contributed by atoms with Gasteiger partial charge in [0, 0.05) is 12.6 Å². The van der Waals surface area contributed by atoms with Crippen LogP contribution in [-0.2, 0) is 4.74 Å². The fourth-order valence-corrected chi connectivity index (χ4v) is 3.45. The van der Waals surface area contributed by atoms with Gasteiger partial charge in [-0.2, -0.15) is 0 Å². The van der Waals surface area contributed by atoms with E-state index in [4.69, 9.17) is 4.74 Å². The van der Waals surface area contributed by atoms with Gasteiger partial charge in [0.1, 0.15) is 0 Å². The third kappa shape index (κ3) is 3.96. The Morgan fingerprint density at radius 1 is 1.41 bits per heavy atom. The average Bonchev–Trinajstić information content (AvgIpc) is 2.26. The molecule has 0 radical (unpaired) electrons. The largest absolute Gasteiger partial charge is 0.374 e. The third-order valence-electron chi connectivity index (χ3n) is 4.11. The number of hydrogen-bond donors (Lipinski definition) is 1. The molecule has 1 saturated carbocycles. The molecule has 0 amide bonds.